The van der Waals surface area contributed by atoms with Gasteiger partial charge in [0.1, 0.15) is 5.75 Å². The highest BCUT2D eigenvalue weighted by atomic mass is 32.2. The van der Waals surface area contributed by atoms with Crippen LogP contribution in [0.1, 0.15) is 16.2 Å². The Morgan fingerprint density at radius 1 is 1.62 bits per heavy atom. The first kappa shape index (κ1) is 9.91. The lowest BCUT2D eigenvalue weighted by Crippen LogP contribution is -2.13. The molecule has 0 fully saturated rings. The molecule has 0 N–H and O–H groups in total. The molecule has 0 aliphatic heterocycles. The molecule has 1 aromatic heterocycles. The summed E-state index contributed by atoms with van der Waals surface area (Å²) >= 11 is 0. The predicted octanol–water partition coefficient (Wildman–Crippen LogP) is 0.210. The maximum atomic E-state index is 11.2. The third-order valence-corrected chi connectivity index (χ3v) is 2.08. The molecule has 0 unspecified atom stereocenters. The minimum atomic E-state index is -3.30. The number of sulfone groups is 1. The SMILES string of the molecule is Cc1cc(C(=O)CS(C)(=O)=O)on1. The van der Waals surface area contributed by atoms with Gasteiger partial charge in [-0.25, -0.2) is 8.42 Å². The second-order valence-corrected chi connectivity index (χ2v) is 4.97. The Morgan fingerprint density at radius 3 is 2.62 bits per heavy atom. The van der Waals surface area contributed by atoms with Crippen LogP contribution >= 0.6 is 0 Å². The van der Waals surface area contributed by atoms with E-state index in [1.165, 1.54) is 6.07 Å². The topological polar surface area (TPSA) is 77.2 Å². The molecule has 0 radical (unpaired) electrons. The highest BCUT2D eigenvalue weighted by Crippen LogP contribution is 2.04. The fourth-order valence-corrected chi connectivity index (χ4v) is 1.42. The van der Waals surface area contributed by atoms with E-state index in [9.17, 15) is 13.2 Å². The van der Waals surface area contributed by atoms with Gasteiger partial charge in [-0.05, 0) is 6.92 Å². The number of aryl methyl sites for hydroxylation is 1. The summed E-state index contributed by atoms with van der Waals surface area (Å²) < 4.78 is 26.1. The van der Waals surface area contributed by atoms with E-state index in [0.29, 0.717) is 5.69 Å². The van der Waals surface area contributed by atoms with Gasteiger partial charge in [0.05, 0.1) is 5.69 Å². The molecule has 5 nitrogen and oxygen atoms in total. The van der Waals surface area contributed by atoms with E-state index in [0.717, 1.165) is 6.26 Å². The van der Waals surface area contributed by atoms with Gasteiger partial charge in [0.2, 0.25) is 11.5 Å². The molecule has 1 aromatic rings. The van der Waals surface area contributed by atoms with Gasteiger partial charge in [0.25, 0.3) is 0 Å². The monoisotopic (exact) mass is 203 g/mol. The molecule has 0 aliphatic rings. The van der Waals surface area contributed by atoms with E-state index in [-0.39, 0.29) is 5.76 Å². The summed E-state index contributed by atoms with van der Waals surface area (Å²) in [5.41, 5.74) is 0.553. The molecule has 0 aromatic carbocycles. The van der Waals surface area contributed by atoms with Crippen molar-refractivity contribution in [2.45, 2.75) is 6.92 Å². The van der Waals surface area contributed by atoms with Crippen molar-refractivity contribution in [2.75, 3.05) is 12.0 Å². The van der Waals surface area contributed by atoms with Crippen molar-refractivity contribution in [3.63, 3.8) is 0 Å². The zero-order valence-corrected chi connectivity index (χ0v) is 8.09. The Balaban J connectivity index is 2.81. The Hall–Kier alpha value is -1.17. The highest BCUT2D eigenvalue weighted by Gasteiger charge is 2.16. The minimum Gasteiger partial charge on any atom is -0.353 e. The second kappa shape index (κ2) is 3.29. The van der Waals surface area contributed by atoms with Gasteiger partial charge in [-0.3, -0.25) is 4.79 Å². The second-order valence-electron chi connectivity index (χ2n) is 2.83. The van der Waals surface area contributed by atoms with Gasteiger partial charge in [0, 0.05) is 12.3 Å². The number of hydrogen-bond acceptors (Lipinski definition) is 5. The molecule has 6 heteroatoms. The summed E-state index contributed by atoms with van der Waals surface area (Å²) in [4.78, 5) is 11.2. The molecule has 0 atom stereocenters. The van der Waals surface area contributed by atoms with E-state index < -0.39 is 21.4 Å². The average Bonchev–Trinajstić information content (AvgIpc) is 2.31. The molecule has 72 valence electrons. The van der Waals surface area contributed by atoms with Crippen LogP contribution in [-0.2, 0) is 9.84 Å². The Bertz CT molecular complexity index is 417. The molecule has 0 aliphatic carbocycles. The number of rotatable bonds is 3. The first-order valence-electron chi connectivity index (χ1n) is 3.53. The first-order chi connectivity index (χ1) is 5.88. The van der Waals surface area contributed by atoms with Crippen molar-refractivity contribution in [1.82, 2.24) is 5.16 Å². The van der Waals surface area contributed by atoms with Crippen molar-refractivity contribution in [3.05, 3.63) is 17.5 Å². The molecular formula is C7H9NO4S. The lowest BCUT2D eigenvalue weighted by molar-refractivity contribution is 0.0982. The molecule has 0 saturated heterocycles. The largest absolute Gasteiger partial charge is 0.353 e. The van der Waals surface area contributed by atoms with E-state index in [1.807, 2.05) is 0 Å². The van der Waals surface area contributed by atoms with Gasteiger partial charge < -0.3 is 4.52 Å². The van der Waals surface area contributed by atoms with Crippen molar-refractivity contribution in [2.24, 2.45) is 0 Å². The smallest absolute Gasteiger partial charge is 0.215 e. The van der Waals surface area contributed by atoms with Crippen LogP contribution in [0.25, 0.3) is 0 Å². The molecule has 0 bridgehead atoms. The molecule has 13 heavy (non-hydrogen) atoms. The lowest BCUT2D eigenvalue weighted by Gasteiger charge is -1.92. The minimum absolute atomic E-state index is 0.0112. The zero-order valence-electron chi connectivity index (χ0n) is 7.27. The number of aromatic nitrogens is 1. The summed E-state index contributed by atoms with van der Waals surface area (Å²) in [7, 11) is -3.30. The van der Waals surface area contributed by atoms with Crippen LogP contribution in [-0.4, -0.2) is 31.4 Å². The first-order valence-corrected chi connectivity index (χ1v) is 5.59. The summed E-state index contributed by atoms with van der Waals surface area (Å²) in [6, 6.07) is 1.41. The summed E-state index contributed by atoms with van der Waals surface area (Å²) in [6.07, 6.45) is 0.994. The number of carbonyl (C=O) groups excluding carboxylic acids is 1. The van der Waals surface area contributed by atoms with Crippen LogP contribution in [0.15, 0.2) is 10.6 Å². The van der Waals surface area contributed by atoms with Gasteiger partial charge in [-0.2, -0.15) is 0 Å². The zero-order chi connectivity index (χ0) is 10.1. The fraction of sp³-hybridized carbons (Fsp3) is 0.429. The van der Waals surface area contributed by atoms with Gasteiger partial charge >= 0.3 is 0 Å². The van der Waals surface area contributed by atoms with Crippen molar-refractivity contribution < 1.29 is 17.7 Å². The van der Waals surface area contributed by atoms with E-state index in [2.05, 4.69) is 9.68 Å². The third kappa shape index (κ3) is 2.98. The Labute approximate surface area is 75.6 Å². The van der Waals surface area contributed by atoms with Crippen LogP contribution in [0.3, 0.4) is 0 Å². The molecule has 1 rings (SSSR count). The number of hydrogen-bond donors (Lipinski definition) is 0. The van der Waals surface area contributed by atoms with Crippen molar-refractivity contribution >= 4 is 15.6 Å². The van der Waals surface area contributed by atoms with Crippen LogP contribution in [0, 0.1) is 6.92 Å². The van der Waals surface area contributed by atoms with Crippen LogP contribution in [0.2, 0.25) is 0 Å². The van der Waals surface area contributed by atoms with Crippen LogP contribution in [0.4, 0.5) is 0 Å². The Morgan fingerprint density at radius 2 is 2.23 bits per heavy atom. The number of Topliss-reactive ketones (excluding diaryl/α,β-unsaturated/α-hetero) is 1. The molecule has 0 amide bonds. The number of ketones is 1. The summed E-state index contributed by atoms with van der Waals surface area (Å²) in [5, 5.41) is 3.48. The maximum Gasteiger partial charge on any atom is 0.215 e. The summed E-state index contributed by atoms with van der Waals surface area (Å²) in [6.45, 7) is 1.65. The molecule has 0 spiro atoms. The lowest BCUT2D eigenvalue weighted by atomic mass is 10.3. The highest BCUT2D eigenvalue weighted by molar-refractivity contribution is 7.91. The third-order valence-electron chi connectivity index (χ3n) is 1.30. The van der Waals surface area contributed by atoms with Gasteiger partial charge in [-0.1, -0.05) is 5.16 Å². The quantitative estimate of drug-likeness (QED) is 0.656. The van der Waals surface area contributed by atoms with E-state index in [1.54, 1.807) is 6.92 Å². The van der Waals surface area contributed by atoms with Gasteiger partial charge in [-0.15, -0.1) is 0 Å². The fourth-order valence-electron chi connectivity index (χ4n) is 0.804. The standard InChI is InChI=1S/C7H9NO4S/c1-5-3-7(12-8-5)6(9)4-13(2,10)11/h3H,4H2,1-2H3. The predicted molar refractivity (Wildman–Crippen MR) is 45.3 cm³/mol. The average molecular weight is 203 g/mol. The van der Waals surface area contributed by atoms with E-state index in [4.69, 9.17) is 0 Å². The van der Waals surface area contributed by atoms with Crippen molar-refractivity contribution in [3.8, 4) is 0 Å². The summed E-state index contributed by atoms with van der Waals surface area (Å²) in [5.74, 6) is -1.12. The molecule has 0 saturated carbocycles. The number of nitrogens with zero attached hydrogens (tertiary/aromatic N) is 1. The van der Waals surface area contributed by atoms with E-state index >= 15 is 0 Å². The van der Waals surface area contributed by atoms with Crippen LogP contribution in [0.5, 0.6) is 0 Å². The van der Waals surface area contributed by atoms with Crippen LogP contribution < -0.4 is 0 Å². The van der Waals surface area contributed by atoms with Gasteiger partial charge in [0.15, 0.2) is 9.84 Å². The number of carbonyl (C=O) groups is 1. The Kier molecular flexibility index (Phi) is 2.51. The van der Waals surface area contributed by atoms with Crippen molar-refractivity contribution in [1.29, 1.82) is 0 Å². The maximum absolute atomic E-state index is 11.2. The normalized spacial score (nSPS) is 11.5. The molecule has 1 heterocycles. The molecular weight excluding hydrogens is 194 g/mol.